The summed E-state index contributed by atoms with van der Waals surface area (Å²) < 4.78 is 25.5. The van der Waals surface area contributed by atoms with Gasteiger partial charge in [0.15, 0.2) is 11.6 Å². The lowest BCUT2D eigenvalue weighted by molar-refractivity contribution is 0.173. The predicted octanol–water partition coefficient (Wildman–Crippen LogP) is 1.36. The van der Waals surface area contributed by atoms with Gasteiger partial charge in [-0.1, -0.05) is 6.07 Å². The number of nitrogens with zero attached hydrogens (tertiary/aromatic N) is 2. The second-order valence-electron chi connectivity index (χ2n) is 3.36. The average Bonchev–Trinajstić information content (AvgIpc) is 2.77. The quantitative estimate of drug-likeness (QED) is 0.829. The van der Waals surface area contributed by atoms with Crippen LogP contribution in [0, 0.1) is 11.6 Å². The Balaban J connectivity index is 2.12. The highest BCUT2D eigenvalue weighted by molar-refractivity contribution is 5.19. The molecule has 0 aliphatic heterocycles. The minimum atomic E-state index is -0.926. The molecule has 2 rings (SSSR count). The van der Waals surface area contributed by atoms with E-state index in [1.807, 2.05) is 0 Å². The molecule has 0 aliphatic carbocycles. The molecule has 0 spiro atoms. The second-order valence-corrected chi connectivity index (χ2v) is 3.36. The Bertz CT molecular complexity index is 473. The fourth-order valence-electron chi connectivity index (χ4n) is 1.37. The van der Waals surface area contributed by atoms with E-state index in [9.17, 15) is 13.9 Å². The van der Waals surface area contributed by atoms with Crippen LogP contribution in [0.25, 0.3) is 0 Å². The van der Waals surface area contributed by atoms with Gasteiger partial charge in [-0.3, -0.25) is 0 Å². The van der Waals surface area contributed by atoms with Crippen molar-refractivity contribution < 1.29 is 13.9 Å². The molecular formula is C10H9F2N3O. The first-order chi connectivity index (χ1) is 7.66. The maximum absolute atomic E-state index is 12.9. The van der Waals surface area contributed by atoms with E-state index in [-0.39, 0.29) is 6.42 Å². The number of hydrogen-bond donors (Lipinski definition) is 2. The topological polar surface area (TPSA) is 61.8 Å². The van der Waals surface area contributed by atoms with Gasteiger partial charge in [0.05, 0.1) is 6.20 Å². The van der Waals surface area contributed by atoms with Crippen molar-refractivity contribution in [3.63, 3.8) is 0 Å². The molecule has 0 radical (unpaired) electrons. The molecule has 16 heavy (non-hydrogen) atoms. The highest BCUT2D eigenvalue weighted by Crippen LogP contribution is 2.17. The summed E-state index contributed by atoms with van der Waals surface area (Å²) in [7, 11) is 0. The molecule has 0 amide bonds. The Morgan fingerprint density at radius 2 is 2.12 bits per heavy atom. The summed E-state index contributed by atoms with van der Waals surface area (Å²) in [6.07, 6.45) is 0.650. The number of benzene rings is 1. The third kappa shape index (κ3) is 2.22. The Morgan fingerprint density at radius 3 is 2.75 bits per heavy atom. The lowest BCUT2D eigenvalue weighted by Gasteiger charge is -2.07. The molecule has 0 saturated heterocycles. The maximum atomic E-state index is 12.9. The van der Waals surface area contributed by atoms with Crippen LogP contribution in [0.3, 0.4) is 0 Å². The van der Waals surface area contributed by atoms with Crippen molar-refractivity contribution in [2.75, 3.05) is 0 Å². The van der Waals surface area contributed by atoms with E-state index in [2.05, 4.69) is 15.4 Å². The van der Waals surface area contributed by atoms with E-state index in [0.29, 0.717) is 11.3 Å². The molecule has 1 unspecified atom stereocenters. The van der Waals surface area contributed by atoms with Crippen LogP contribution in [0.15, 0.2) is 24.4 Å². The SMILES string of the molecule is OC(Cc1ccc(F)c(F)c1)c1cn[nH]n1. The van der Waals surface area contributed by atoms with Crippen LogP contribution in [-0.2, 0) is 6.42 Å². The van der Waals surface area contributed by atoms with Gasteiger partial charge in [-0.2, -0.15) is 15.4 Å². The largest absolute Gasteiger partial charge is 0.386 e. The van der Waals surface area contributed by atoms with Crippen molar-refractivity contribution in [1.29, 1.82) is 0 Å². The molecule has 0 aliphatic rings. The number of rotatable bonds is 3. The summed E-state index contributed by atoms with van der Waals surface area (Å²) in [5, 5.41) is 19.3. The number of halogens is 2. The number of aromatic amines is 1. The molecule has 1 atom stereocenters. The van der Waals surface area contributed by atoms with Crippen molar-refractivity contribution in [1.82, 2.24) is 15.4 Å². The summed E-state index contributed by atoms with van der Waals surface area (Å²) in [4.78, 5) is 0. The molecular weight excluding hydrogens is 216 g/mol. The molecule has 1 heterocycles. The summed E-state index contributed by atoms with van der Waals surface area (Å²) in [6, 6.07) is 3.50. The molecule has 2 aromatic rings. The number of aromatic nitrogens is 3. The number of aliphatic hydroxyl groups excluding tert-OH is 1. The van der Waals surface area contributed by atoms with Crippen LogP contribution in [0.4, 0.5) is 8.78 Å². The van der Waals surface area contributed by atoms with E-state index in [0.717, 1.165) is 12.1 Å². The van der Waals surface area contributed by atoms with Gasteiger partial charge in [0.25, 0.3) is 0 Å². The molecule has 0 fully saturated rings. The first-order valence-corrected chi connectivity index (χ1v) is 4.64. The molecule has 0 saturated carbocycles. The molecule has 84 valence electrons. The van der Waals surface area contributed by atoms with Crippen molar-refractivity contribution in [2.45, 2.75) is 12.5 Å². The normalized spacial score (nSPS) is 12.7. The zero-order valence-electron chi connectivity index (χ0n) is 8.19. The summed E-state index contributed by atoms with van der Waals surface area (Å²) in [5.74, 6) is -1.83. The minimum absolute atomic E-state index is 0.156. The maximum Gasteiger partial charge on any atom is 0.159 e. The van der Waals surface area contributed by atoms with Gasteiger partial charge in [0, 0.05) is 6.42 Å². The van der Waals surface area contributed by atoms with Crippen molar-refractivity contribution in [2.24, 2.45) is 0 Å². The van der Waals surface area contributed by atoms with Gasteiger partial charge in [0.2, 0.25) is 0 Å². The number of aliphatic hydroxyl groups is 1. The highest BCUT2D eigenvalue weighted by atomic mass is 19.2. The third-order valence-corrected chi connectivity index (χ3v) is 2.19. The van der Waals surface area contributed by atoms with Gasteiger partial charge in [0.1, 0.15) is 11.8 Å². The van der Waals surface area contributed by atoms with E-state index in [1.165, 1.54) is 12.3 Å². The second kappa shape index (κ2) is 4.36. The van der Waals surface area contributed by atoms with Crippen LogP contribution in [-0.4, -0.2) is 20.5 Å². The number of H-pyrrole nitrogens is 1. The van der Waals surface area contributed by atoms with Crippen LogP contribution >= 0.6 is 0 Å². The van der Waals surface area contributed by atoms with Crippen LogP contribution in [0.1, 0.15) is 17.4 Å². The molecule has 6 heteroatoms. The lowest BCUT2D eigenvalue weighted by atomic mass is 10.1. The van der Waals surface area contributed by atoms with E-state index in [4.69, 9.17) is 0 Å². The van der Waals surface area contributed by atoms with E-state index in [1.54, 1.807) is 0 Å². The predicted molar refractivity (Wildman–Crippen MR) is 51.4 cm³/mol. The fourth-order valence-corrected chi connectivity index (χ4v) is 1.37. The highest BCUT2D eigenvalue weighted by Gasteiger charge is 2.12. The van der Waals surface area contributed by atoms with Gasteiger partial charge in [-0.05, 0) is 17.7 Å². The van der Waals surface area contributed by atoms with Gasteiger partial charge < -0.3 is 5.11 Å². The third-order valence-electron chi connectivity index (χ3n) is 2.19. The van der Waals surface area contributed by atoms with Gasteiger partial charge in [-0.25, -0.2) is 8.78 Å². The number of hydrogen-bond acceptors (Lipinski definition) is 3. The number of nitrogens with one attached hydrogen (secondary N) is 1. The Morgan fingerprint density at radius 1 is 1.31 bits per heavy atom. The summed E-state index contributed by atoms with van der Waals surface area (Å²) >= 11 is 0. The first kappa shape index (κ1) is 10.7. The standard InChI is InChI=1S/C10H9F2N3O/c11-7-2-1-6(3-8(7)12)4-10(16)9-5-13-15-14-9/h1-3,5,10,16H,4H2,(H,13,14,15). The van der Waals surface area contributed by atoms with Crippen LogP contribution < -0.4 is 0 Å². The van der Waals surface area contributed by atoms with Gasteiger partial charge >= 0.3 is 0 Å². The zero-order valence-corrected chi connectivity index (χ0v) is 8.19. The van der Waals surface area contributed by atoms with E-state index < -0.39 is 17.7 Å². The summed E-state index contributed by atoms with van der Waals surface area (Å²) in [5.41, 5.74) is 0.860. The molecule has 4 nitrogen and oxygen atoms in total. The van der Waals surface area contributed by atoms with Crippen molar-refractivity contribution in [3.05, 3.63) is 47.3 Å². The first-order valence-electron chi connectivity index (χ1n) is 4.64. The van der Waals surface area contributed by atoms with Gasteiger partial charge in [-0.15, -0.1) is 0 Å². The Hall–Kier alpha value is -1.82. The minimum Gasteiger partial charge on any atom is -0.386 e. The summed E-state index contributed by atoms with van der Waals surface area (Å²) in [6.45, 7) is 0. The fraction of sp³-hybridized carbons (Fsp3) is 0.200. The molecule has 1 aromatic heterocycles. The smallest absolute Gasteiger partial charge is 0.159 e. The van der Waals surface area contributed by atoms with Crippen molar-refractivity contribution in [3.8, 4) is 0 Å². The van der Waals surface area contributed by atoms with E-state index >= 15 is 0 Å². The van der Waals surface area contributed by atoms with Crippen LogP contribution in [0.5, 0.6) is 0 Å². The van der Waals surface area contributed by atoms with Crippen LogP contribution in [0.2, 0.25) is 0 Å². The lowest BCUT2D eigenvalue weighted by Crippen LogP contribution is -2.03. The average molecular weight is 225 g/mol. The Labute approximate surface area is 89.9 Å². The molecule has 1 aromatic carbocycles. The van der Waals surface area contributed by atoms with Crippen molar-refractivity contribution >= 4 is 0 Å². The zero-order chi connectivity index (χ0) is 11.5. The Kier molecular flexibility index (Phi) is 2.91. The monoisotopic (exact) mass is 225 g/mol. The molecule has 2 N–H and O–H groups in total. The molecule has 0 bridgehead atoms.